The molecule has 1 aliphatic rings. The van der Waals surface area contributed by atoms with Crippen molar-refractivity contribution in [2.24, 2.45) is 10.9 Å². The van der Waals surface area contributed by atoms with Gasteiger partial charge in [0.2, 0.25) is 0 Å². The first-order chi connectivity index (χ1) is 10.9. The molecule has 1 unspecified atom stereocenters. The van der Waals surface area contributed by atoms with E-state index in [0.717, 1.165) is 6.42 Å². The lowest BCUT2D eigenvalue weighted by molar-refractivity contribution is 0.567. The Balaban J connectivity index is 1.86. The molecule has 1 heterocycles. The normalized spacial score (nSPS) is 20.5. The summed E-state index contributed by atoms with van der Waals surface area (Å²) in [7, 11) is -1.09. The van der Waals surface area contributed by atoms with Crippen LogP contribution in [0.4, 0.5) is 0 Å². The molecule has 0 radical (unpaired) electrons. The SMILES string of the molecule is CN=C(NCc1ccc(C)cc1SC)NCC1CCS(=O)(=O)C1. The fourth-order valence-electron chi connectivity index (χ4n) is 2.67. The van der Waals surface area contributed by atoms with Gasteiger partial charge in [0.15, 0.2) is 15.8 Å². The Morgan fingerprint density at radius 2 is 2.17 bits per heavy atom. The summed E-state index contributed by atoms with van der Waals surface area (Å²) in [6.07, 6.45) is 2.81. The molecule has 1 aromatic rings. The molecule has 0 aliphatic carbocycles. The molecule has 2 N–H and O–H groups in total. The van der Waals surface area contributed by atoms with Gasteiger partial charge in [0, 0.05) is 25.0 Å². The van der Waals surface area contributed by atoms with Gasteiger partial charge in [-0.15, -0.1) is 11.8 Å². The van der Waals surface area contributed by atoms with Crippen LogP contribution in [0.15, 0.2) is 28.1 Å². The van der Waals surface area contributed by atoms with Crippen molar-refractivity contribution in [2.75, 3.05) is 31.4 Å². The monoisotopic (exact) mass is 355 g/mol. The molecule has 0 saturated carbocycles. The van der Waals surface area contributed by atoms with E-state index in [1.54, 1.807) is 18.8 Å². The summed E-state index contributed by atoms with van der Waals surface area (Å²) in [6.45, 7) is 3.42. The molecule has 23 heavy (non-hydrogen) atoms. The highest BCUT2D eigenvalue weighted by Crippen LogP contribution is 2.21. The molecular weight excluding hydrogens is 330 g/mol. The molecule has 7 heteroatoms. The molecule has 0 bridgehead atoms. The quantitative estimate of drug-likeness (QED) is 0.479. The fourth-order valence-corrected chi connectivity index (χ4v) is 5.24. The van der Waals surface area contributed by atoms with Crippen LogP contribution in [0.3, 0.4) is 0 Å². The Morgan fingerprint density at radius 3 is 2.78 bits per heavy atom. The summed E-state index contributed by atoms with van der Waals surface area (Å²) in [5, 5.41) is 6.54. The lowest BCUT2D eigenvalue weighted by Crippen LogP contribution is -2.39. The van der Waals surface area contributed by atoms with Gasteiger partial charge in [-0.05, 0) is 42.7 Å². The number of aliphatic imine (C=N–C) groups is 1. The summed E-state index contributed by atoms with van der Waals surface area (Å²) in [5.41, 5.74) is 2.48. The fraction of sp³-hybridized carbons (Fsp3) is 0.562. The number of aryl methyl sites for hydroxylation is 1. The van der Waals surface area contributed by atoms with Gasteiger partial charge >= 0.3 is 0 Å². The predicted molar refractivity (Wildman–Crippen MR) is 97.9 cm³/mol. The molecule has 1 saturated heterocycles. The number of nitrogens with zero attached hydrogens (tertiary/aromatic N) is 1. The molecule has 5 nitrogen and oxygen atoms in total. The first-order valence-electron chi connectivity index (χ1n) is 7.72. The van der Waals surface area contributed by atoms with Gasteiger partial charge in [0.25, 0.3) is 0 Å². The molecule has 1 aromatic carbocycles. The van der Waals surface area contributed by atoms with Gasteiger partial charge in [-0.3, -0.25) is 4.99 Å². The van der Waals surface area contributed by atoms with Crippen LogP contribution in [-0.4, -0.2) is 45.7 Å². The van der Waals surface area contributed by atoms with E-state index in [2.05, 4.69) is 47.0 Å². The van der Waals surface area contributed by atoms with Gasteiger partial charge < -0.3 is 10.6 Å². The van der Waals surface area contributed by atoms with E-state index < -0.39 is 9.84 Å². The Morgan fingerprint density at radius 1 is 1.39 bits per heavy atom. The number of thioether (sulfide) groups is 1. The zero-order valence-corrected chi connectivity index (χ0v) is 15.6. The van der Waals surface area contributed by atoms with Crippen molar-refractivity contribution in [1.82, 2.24) is 10.6 Å². The second kappa shape index (κ2) is 8.06. The predicted octanol–water partition coefficient (Wildman–Crippen LogP) is 1.82. The standard InChI is InChI=1S/C16H25N3O2S2/c1-12-4-5-14(15(8-12)22-3)10-19-16(17-2)18-9-13-6-7-23(20,21)11-13/h4-5,8,13H,6-7,9-11H2,1-3H3,(H2,17,18,19). The van der Waals surface area contributed by atoms with Crippen molar-refractivity contribution in [1.29, 1.82) is 0 Å². The van der Waals surface area contributed by atoms with E-state index in [9.17, 15) is 8.42 Å². The van der Waals surface area contributed by atoms with Crippen LogP contribution in [0.1, 0.15) is 17.5 Å². The van der Waals surface area contributed by atoms with E-state index in [0.29, 0.717) is 24.8 Å². The average Bonchev–Trinajstić information content (AvgIpc) is 2.87. The number of rotatable bonds is 5. The lowest BCUT2D eigenvalue weighted by atomic mass is 10.1. The first kappa shape index (κ1) is 18.1. The molecule has 128 valence electrons. The average molecular weight is 356 g/mol. The number of nitrogens with one attached hydrogen (secondary N) is 2. The van der Waals surface area contributed by atoms with Crippen LogP contribution in [0.2, 0.25) is 0 Å². The van der Waals surface area contributed by atoms with Crippen LogP contribution in [0.5, 0.6) is 0 Å². The van der Waals surface area contributed by atoms with Crippen molar-refractivity contribution in [2.45, 2.75) is 24.8 Å². The smallest absolute Gasteiger partial charge is 0.191 e. The van der Waals surface area contributed by atoms with Crippen molar-refractivity contribution in [3.63, 3.8) is 0 Å². The highest BCUT2D eigenvalue weighted by Gasteiger charge is 2.27. The zero-order chi connectivity index (χ0) is 16.9. The highest BCUT2D eigenvalue weighted by atomic mass is 32.2. The van der Waals surface area contributed by atoms with Crippen LogP contribution >= 0.6 is 11.8 Å². The molecule has 0 aromatic heterocycles. The van der Waals surface area contributed by atoms with Crippen LogP contribution in [0.25, 0.3) is 0 Å². The summed E-state index contributed by atoms with van der Waals surface area (Å²) in [4.78, 5) is 5.47. The number of sulfone groups is 1. The molecule has 1 fully saturated rings. The van der Waals surface area contributed by atoms with E-state index in [-0.39, 0.29) is 11.7 Å². The molecule has 0 spiro atoms. The van der Waals surface area contributed by atoms with E-state index in [1.807, 2.05) is 0 Å². The minimum absolute atomic E-state index is 0.180. The van der Waals surface area contributed by atoms with E-state index in [1.165, 1.54) is 16.0 Å². The van der Waals surface area contributed by atoms with E-state index >= 15 is 0 Å². The Labute approximate surface area is 143 Å². The Bertz CT molecular complexity index is 672. The molecule has 2 rings (SSSR count). The summed E-state index contributed by atoms with van der Waals surface area (Å²) in [5.74, 6) is 1.49. The van der Waals surface area contributed by atoms with Gasteiger partial charge in [-0.1, -0.05) is 12.1 Å². The minimum atomic E-state index is -2.82. The van der Waals surface area contributed by atoms with Crippen molar-refractivity contribution >= 4 is 27.6 Å². The maximum atomic E-state index is 11.5. The van der Waals surface area contributed by atoms with Crippen molar-refractivity contribution in [3.05, 3.63) is 29.3 Å². The molecule has 0 amide bonds. The maximum absolute atomic E-state index is 11.5. The number of hydrogen-bond acceptors (Lipinski definition) is 4. The van der Waals surface area contributed by atoms with Crippen molar-refractivity contribution in [3.8, 4) is 0 Å². The summed E-state index contributed by atoms with van der Waals surface area (Å²) < 4.78 is 23.0. The number of hydrogen-bond donors (Lipinski definition) is 2. The summed E-state index contributed by atoms with van der Waals surface area (Å²) >= 11 is 1.74. The second-order valence-electron chi connectivity index (χ2n) is 5.89. The van der Waals surface area contributed by atoms with Crippen LogP contribution in [-0.2, 0) is 16.4 Å². The van der Waals surface area contributed by atoms with Crippen molar-refractivity contribution < 1.29 is 8.42 Å². The molecule has 1 atom stereocenters. The lowest BCUT2D eigenvalue weighted by Gasteiger charge is -2.16. The summed E-state index contributed by atoms with van der Waals surface area (Å²) in [6, 6.07) is 6.42. The third kappa shape index (κ3) is 5.42. The Hall–Kier alpha value is -1.21. The van der Waals surface area contributed by atoms with Gasteiger partial charge in [0.05, 0.1) is 11.5 Å². The zero-order valence-electron chi connectivity index (χ0n) is 13.9. The molecular formula is C16H25N3O2S2. The number of guanidine groups is 1. The van der Waals surface area contributed by atoms with Crippen LogP contribution < -0.4 is 10.6 Å². The highest BCUT2D eigenvalue weighted by molar-refractivity contribution is 7.98. The first-order valence-corrected chi connectivity index (χ1v) is 10.8. The second-order valence-corrected chi connectivity index (χ2v) is 8.97. The Kier molecular flexibility index (Phi) is 6.35. The molecule has 1 aliphatic heterocycles. The number of benzene rings is 1. The topological polar surface area (TPSA) is 70.6 Å². The third-order valence-corrected chi connectivity index (χ3v) is 6.65. The van der Waals surface area contributed by atoms with Gasteiger partial charge in [0.1, 0.15) is 0 Å². The third-order valence-electron chi connectivity index (χ3n) is 4.00. The largest absolute Gasteiger partial charge is 0.356 e. The minimum Gasteiger partial charge on any atom is -0.356 e. The van der Waals surface area contributed by atoms with Crippen LogP contribution in [0, 0.1) is 12.8 Å². The van der Waals surface area contributed by atoms with Gasteiger partial charge in [-0.25, -0.2) is 8.42 Å². The van der Waals surface area contributed by atoms with Gasteiger partial charge in [-0.2, -0.15) is 0 Å². The van der Waals surface area contributed by atoms with E-state index in [4.69, 9.17) is 0 Å². The maximum Gasteiger partial charge on any atom is 0.191 e.